The summed E-state index contributed by atoms with van der Waals surface area (Å²) in [5.41, 5.74) is 2.91. The number of amides is 1. The molecule has 0 aliphatic heterocycles. The topological polar surface area (TPSA) is 56.2 Å². The van der Waals surface area contributed by atoms with Gasteiger partial charge in [0, 0.05) is 11.0 Å². The predicted molar refractivity (Wildman–Crippen MR) is 96.6 cm³/mol. The zero-order valence-electron chi connectivity index (χ0n) is 13.3. The molecule has 0 radical (unpaired) electrons. The van der Waals surface area contributed by atoms with Crippen molar-refractivity contribution in [3.05, 3.63) is 64.4 Å². The number of alkyl carbamates (subject to hydrolysis) is 1. The first-order valence-corrected chi connectivity index (χ1v) is 8.56. The molecular weight excluding hydrogens is 370 g/mol. The van der Waals surface area contributed by atoms with E-state index in [0.29, 0.717) is 6.54 Å². The molecular formula is C18H18BrN3O2. The van der Waals surface area contributed by atoms with Crippen LogP contribution in [0.2, 0.25) is 0 Å². The molecule has 0 bridgehead atoms. The Bertz CT molecular complexity index is 846. The molecule has 3 rings (SSSR count). The van der Waals surface area contributed by atoms with Crippen molar-refractivity contribution in [2.24, 2.45) is 0 Å². The van der Waals surface area contributed by atoms with Crippen molar-refractivity contribution in [3.8, 4) is 0 Å². The first-order chi connectivity index (χ1) is 11.7. The van der Waals surface area contributed by atoms with Crippen LogP contribution in [0.3, 0.4) is 0 Å². The minimum absolute atomic E-state index is 0.254. The summed E-state index contributed by atoms with van der Waals surface area (Å²) < 4.78 is 8.29. The molecule has 0 saturated carbocycles. The highest BCUT2D eigenvalue weighted by Crippen LogP contribution is 2.21. The number of nitrogens with zero attached hydrogens (tertiary/aromatic N) is 2. The normalized spacial score (nSPS) is 10.8. The van der Waals surface area contributed by atoms with Crippen molar-refractivity contribution in [1.29, 1.82) is 0 Å². The van der Waals surface area contributed by atoms with E-state index in [0.717, 1.165) is 33.4 Å². The molecule has 0 aliphatic carbocycles. The molecule has 0 aliphatic rings. The van der Waals surface area contributed by atoms with E-state index in [1.165, 1.54) is 0 Å². The number of carbonyl (C=O) groups is 1. The second-order valence-electron chi connectivity index (χ2n) is 5.32. The molecule has 0 spiro atoms. The second-order valence-corrected chi connectivity index (χ2v) is 6.24. The lowest BCUT2D eigenvalue weighted by Gasteiger charge is -2.08. The standard InChI is InChI=1S/C18H18BrN3O2/c1-2-22-16-9-8-14(19)10-15(16)21-17(22)11-20-18(23)24-12-13-6-4-3-5-7-13/h3-10H,2,11-12H2,1H3,(H,20,23). The fraction of sp³-hybridized carbons (Fsp3) is 0.222. The van der Waals surface area contributed by atoms with Crippen molar-refractivity contribution in [2.75, 3.05) is 0 Å². The quantitative estimate of drug-likeness (QED) is 0.711. The van der Waals surface area contributed by atoms with E-state index in [1.807, 2.05) is 48.5 Å². The number of hydrogen-bond acceptors (Lipinski definition) is 3. The van der Waals surface area contributed by atoms with Gasteiger partial charge >= 0.3 is 6.09 Å². The van der Waals surface area contributed by atoms with Crippen molar-refractivity contribution in [2.45, 2.75) is 26.6 Å². The van der Waals surface area contributed by atoms with Gasteiger partial charge in [-0.15, -0.1) is 0 Å². The van der Waals surface area contributed by atoms with Crippen molar-refractivity contribution >= 4 is 33.1 Å². The molecule has 3 aromatic rings. The van der Waals surface area contributed by atoms with Gasteiger partial charge in [-0.3, -0.25) is 0 Å². The highest BCUT2D eigenvalue weighted by atomic mass is 79.9. The van der Waals surface area contributed by atoms with Crippen LogP contribution in [-0.4, -0.2) is 15.6 Å². The minimum atomic E-state index is -0.449. The highest BCUT2D eigenvalue weighted by molar-refractivity contribution is 9.10. The fourth-order valence-corrected chi connectivity index (χ4v) is 2.92. The average molecular weight is 388 g/mol. The van der Waals surface area contributed by atoms with Crippen molar-refractivity contribution in [1.82, 2.24) is 14.9 Å². The summed E-state index contributed by atoms with van der Waals surface area (Å²) in [6, 6.07) is 15.6. The zero-order chi connectivity index (χ0) is 16.9. The van der Waals surface area contributed by atoms with Gasteiger partial charge in [0.05, 0.1) is 17.6 Å². The highest BCUT2D eigenvalue weighted by Gasteiger charge is 2.11. The van der Waals surface area contributed by atoms with E-state index in [2.05, 4.69) is 37.7 Å². The van der Waals surface area contributed by atoms with Crippen LogP contribution >= 0.6 is 15.9 Å². The van der Waals surface area contributed by atoms with Gasteiger partial charge in [-0.2, -0.15) is 0 Å². The minimum Gasteiger partial charge on any atom is -0.445 e. The molecule has 1 aromatic heterocycles. The van der Waals surface area contributed by atoms with Crippen LogP contribution in [0.1, 0.15) is 18.3 Å². The number of halogens is 1. The molecule has 0 atom stereocenters. The van der Waals surface area contributed by atoms with Gasteiger partial charge in [0.15, 0.2) is 0 Å². The number of benzene rings is 2. The Morgan fingerprint density at radius 1 is 1.25 bits per heavy atom. The zero-order valence-corrected chi connectivity index (χ0v) is 14.9. The number of nitrogens with one attached hydrogen (secondary N) is 1. The Morgan fingerprint density at radius 3 is 2.79 bits per heavy atom. The molecule has 1 N–H and O–H groups in total. The van der Waals surface area contributed by atoms with Gasteiger partial charge in [0.25, 0.3) is 0 Å². The molecule has 0 unspecified atom stereocenters. The lowest BCUT2D eigenvalue weighted by Crippen LogP contribution is -2.25. The fourth-order valence-electron chi connectivity index (χ4n) is 2.57. The number of aromatic nitrogens is 2. The molecule has 6 heteroatoms. The van der Waals surface area contributed by atoms with Crippen LogP contribution < -0.4 is 5.32 Å². The van der Waals surface area contributed by atoms with Crippen molar-refractivity contribution in [3.63, 3.8) is 0 Å². The van der Waals surface area contributed by atoms with E-state index in [9.17, 15) is 4.79 Å². The molecule has 124 valence electrons. The Morgan fingerprint density at radius 2 is 2.04 bits per heavy atom. The molecule has 5 nitrogen and oxygen atoms in total. The molecule has 2 aromatic carbocycles. The maximum absolute atomic E-state index is 11.9. The number of carbonyl (C=O) groups excluding carboxylic acids is 1. The van der Waals surface area contributed by atoms with Crippen LogP contribution in [0, 0.1) is 0 Å². The monoisotopic (exact) mass is 387 g/mol. The predicted octanol–water partition coefficient (Wildman–Crippen LogP) is 4.25. The summed E-state index contributed by atoms with van der Waals surface area (Å²) in [5, 5.41) is 2.76. The SMILES string of the molecule is CCn1c(CNC(=O)OCc2ccccc2)nc2cc(Br)ccc21. The summed E-state index contributed by atoms with van der Waals surface area (Å²) >= 11 is 3.45. The smallest absolute Gasteiger partial charge is 0.407 e. The van der Waals surface area contributed by atoms with E-state index in [-0.39, 0.29) is 6.61 Å². The summed E-state index contributed by atoms with van der Waals surface area (Å²) in [6.45, 7) is 3.42. The summed E-state index contributed by atoms with van der Waals surface area (Å²) in [7, 11) is 0. The molecule has 24 heavy (non-hydrogen) atoms. The van der Waals surface area contributed by atoms with Crippen LogP contribution in [0.15, 0.2) is 53.0 Å². The van der Waals surface area contributed by atoms with E-state index >= 15 is 0 Å². The largest absolute Gasteiger partial charge is 0.445 e. The first-order valence-electron chi connectivity index (χ1n) is 7.76. The molecule has 1 amide bonds. The lowest BCUT2D eigenvalue weighted by atomic mass is 10.2. The number of imidazole rings is 1. The van der Waals surface area contributed by atoms with Crippen molar-refractivity contribution < 1.29 is 9.53 Å². The Hall–Kier alpha value is -2.34. The van der Waals surface area contributed by atoms with E-state index < -0.39 is 6.09 Å². The maximum atomic E-state index is 11.9. The molecule has 1 heterocycles. The Kier molecular flexibility index (Phi) is 5.15. The maximum Gasteiger partial charge on any atom is 0.407 e. The summed E-state index contributed by atoms with van der Waals surface area (Å²) in [6.07, 6.45) is -0.449. The van der Waals surface area contributed by atoms with Gasteiger partial charge in [-0.25, -0.2) is 9.78 Å². The Balaban J connectivity index is 1.63. The van der Waals surface area contributed by atoms with Gasteiger partial charge in [0.1, 0.15) is 12.4 Å². The second kappa shape index (κ2) is 7.49. The van der Waals surface area contributed by atoms with Crippen LogP contribution in [0.25, 0.3) is 11.0 Å². The third kappa shape index (κ3) is 3.76. The first kappa shape index (κ1) is 16.5. The van der Waals surface area contributed by atoms with Crippen LogP contribution in [0.4, 0.5) is 4.79 Å². The number of hydrogen-bond donors (Lipinski definition) is 1. The number of rotatable bonds is 5. The van der Waals surface area contributed by atoms with Crippen LogP contribution in [0.5, 0.6) is 0 Å². The summed E-state index contributed by atoms with van der Waals surface area (Å²) in [5.74, 6) is 0.808. The van der Waals surface area contributed by atoms with E-state index in [4.69, 9.17) is 4.74 Å². The Labute approximate surface area is 148 Å². The number of aryl methyl sites for hydroxylation is 1. The van der Waals surface area contributed by atoms with Gasteiger partial charge < -0.3 is 14.6 Å². The number of ether oxygens (including phenoxy) is 1. The van der Waals surface area contributed by atoms with Gasteiger partial charge in [-0.1, -0.05) is 46.3 Å². The average Bonchev–Trinajstić information content (AvgIpc) is 2.95. The summed E-state index contributed by atoms with van der Waals surface area (Å²) in [4.78, 5) is 16.5. The molecule has 0 fully saturated rings. The van der Waals surface area contributed by atoms with Gasteiger partial charge in [0.2, 0.25) is 0 Å². The lowest BCUT2D eigenvalue weighted by molar-refractivity contribution is 0.138. The molecule has 0 saturated heterocycles. The van der Waals surface area contributed by atoms with E-state index in [1.54, 1.807) is 0 Å². The third-order valence-corrected chi connectivity index (χ3v) is 4.20. The van der Waals surface area contributed by atoms with Gasteiger partial charge in [-0.05, 0) is 30.7 Å². The van der Waals surface area contributed by atoms with Crippen LogP contribution in [-0.2, 0) is 24.4 Å². The third-order valence-electron chi connectivity index (χ3n) is 3.71. The number of fused-ring (bicyclic) bond motifs is 1.